The molecular formula is C29H35ClN4O3S. The Hall–Kier alpha value is -2.94. The van der Waals surface area contributed by atoms with Gasteiger partial charge in [0.15, 0.2) is 0 Å². The van der Waals surface area contributed by atoms with Gasteiger partial charge in [0.05, 0.1) is 10.7 Å². The minimum absolute atomic E-state index is 0.0907. The van der Waals surface area contributed by atoms with E-state index in [1.165, 1.54) is 5.69 Å². The summed E-state index contributed by atoms with van der Waals surface area (Å²) in [6, 6.07) is 13.9. The number of ether oxygens (including phenoxy) is 1. The van der Waals surface area contributed by atoms with Crippen molar-refractivity contribution in [2.75, 3.05) is 49.6 Å². The molecule has 4 rings (SSSR count). The number of nitrogens with zero attached hydrogens (tertiary/aromatic N) is 3. The molecule has 1 aromatic heterocycles. The maximum atomic E-state index is 12.6. The average molecular weight is 555 g/mol. The Morgan fingerprint density at radius 1 is 1.11 bits per heavy atom. The van der Waals surface area contributed by atoms with E-state index in [-0.39, 0.29) is 25.0 Å². The number of hydrogen-bond acceptors (Lipinski definition) is 6. The van der Waals surface area contributed by atoms with E-state index in [1.54, 1.807) is 29.5 Å². The zero-order valence-corrected chi connectivity index (χ0v) is 23.8. The lowest BCUT2D eigenvalue weighted by Gasteiger charge is -2.31. The fourth-order valence-corrected chi connectivity index (χ4v) is 5.92. The van der Waals surface area contributed by atoms with E-state index >= 15 is 0 Å². The van der Waals surface area contributed by atoms with Crippen LogP contribution in [0.2, 0.25) is 5.02 Å². The summed E-state index contributed by atoms with van der Waals surface area (Å²) in [5.74, 6) is -0.0432. The molecule has 1 aliphatic heterocycles. The van der Waals surface area contributed by atoms with Crippen molar-refractivity contribution in [3.63, 3.8) is 0 Å². The number of piperidine rings is 1. The quantitative estimate of drug-likeness (QED) is 0.334. The predicted molar refractivity (Wildman–Crippen MR) is 155 cm³/mol. The molecule has 38 heavy (non-hydrogen) atoms. The Kier molecular flexibility index (Phi) is 9.77. The number of nitrogens with one attached hydrogen (secondary N) is 1. The minimum atomic E-state index is -0.302. The van der Waals surface area contributed by atoms with Gasteiger partial charge in [-0.25, -0.2) is 4.98 Å². The first-order valence-corrected chi connectivity index (χ1v) is 14.4. The summed E-state index contributed by atoms with van der Waals surface area (Å²) in [5.41, 5.74) is 4.91. The summed E-state index contributed by atoms with van der Waals surface area (Å²) in [5, 5.41) is 6.66. The van der Waals surface area contributed by atoms with Crippen LogP contribution in [0.3, 0.4) is 0 Å². The molecule has 0 bridgehead atoms. The van der Waals surface area contributed by atoms with Crippen LogP contribution in [-0.2, 0) is 14.3 Å². The van der Waals surface area contributed by atoms with E-state index in [0.717, 1.165) is 47.8 Å². The molecule has 2 heterocycles. The summed E-state index contributed by atoms with van der Waals surface area (Å²) < 4.78 is 5.40. The third kappa shape index (κ3) is 7.12. The second-order valence-electron chi connectivity index (χ2n) is 9.45. The zero-order chi connectivity index (χ0) is 27.1. The van der Waals surface area contributed by atoms with Gasteiger partial charge < -0.3 is 19.9 Å². The maximum absolute atomic E-state index is 12.6. The number of amides is 2. The largest absolute Gasteiger partial charge is 0.372 e. The maximum Gasteiger partial charge on any atom is 0.250 e. The second-order valence-corrected chi connectivity index (χ2v) is 10.8. The first kappa shape index (κ1) is 28.1. The van der Waals surface area contributed by atoms with E-state index in [9.17, 15) is 9.59 Å². The average Bonchev–Trinajstić information content (AvgIpc) is 3.42. The third-order valence-corrected chi connectivity index (χ3v) is 8.17. The molecule has 202 valence electrons. The molecule has 1 fully saturated rings. The highest BCUT2D eigenvalue weighted by atomic mass is 35.5. The fourth-order valence-electron chi connectivity index (χ4n) is 4.69. The molecular weight excluding hydrogens is 520 g/mol. The summed E-state index contributed by atoms with van der Waals surface area (Å²) in [7, 11) is 0. The molecule has 0 unspecified atom stereocenters. The van der Waals surface area contributed by atoms with Crippen LogP contribution < -0.4 is 10.2 Å². The number of carbonyl (C=O) groups is 2. The monoisotopic (exact) mass is 554 g/mol. The summed E-state index contributed by atoms with van der Waals surface area (Å²) in [6.07, 6.45) is 1.74. The lowest BCUT2D eigenvalue weighted by Crippen LogP contribution is -2.40. The van der Waals surface area contributed by atoms with Crippen LogP contribution >= 0.6 is 22.9 Å². The number of benzene rings is 2. The highest BCUT2D eigenvalue weighted by molar-refractivity contribution is 7.10. The predicted octanol–water partition coefficient (Wildman–Crippen LogP) is 5.98. The van der Waals surface area contributed by atoms with Gasteiger partial charge >= 0.3 is 0 Å². The summed E-state index contributed by atoms with van der Waals surface area (Å²) >= 11 is 7.65. The van der Waals surface area contributed by atoms with Gasteiger partial charge in [0, 0.05) is 59.4 Å². The van der Waals surface area contributed by atoms with Gasteiger partial charge in [0.2, 0.25) is 11.8 Å². The zero-order valence-electron chi connectivity index (χ0n) is 22.2. The number of halogens is 1. The van der Waals surface area contributed by atoms with E-state index in [2.05, 4.69) is 53.7 Å². The molecule has 3 aromatic rings. The molecule has 0 aliphatic carbocycles. The van der Waals surface area contributed by atoms with Crippen molar-refractivity contribution >= 4 is 46.1 Å². The van der Waals surface area contributed by atoms with Gasteiger partial charge in [-0.1, -0.05) is 23.7 Å². The topological polar surface area (TPSA) is 74.8 Å². The molecule has 9 heteroatoms. The van der Waals surface area contributed by atoms with Crippen molar-refractivity contribution in [2.24, 2.45) is 0 Å². The van der Waals surface area contributed by atoms with Gasteiger partial charge in [-0.2, -0.15) is 0 Å². The summed E-state index contributed by atoms with van der Waals surface area (Å²) in [6.45, 7) is 9.22. The number of aromatic nitrogens is 1. The van der Waals surface area contributed by atoms with Crippen molar-refractivity contribution in [3.8, 4) is 11.3 Å². The van der Waals surface area contributed by atoms with Gasteiger partial charge in [0.25, 0.3) is 0 Å². The Bertz CT molecular complexity index is 1230. The van der Waals surface area contributed by atoms with Crippen molar-refractivity contribution in [1.82, 2.24) is 9.88 Å². The second kappa shape index (κ2) is 13.2. The lowest BCUT2D eigenvalue weighted by molar-refractivity contribution is -0.138. The van der Waals surface area contributed by atoms with Crippen LogP contribution in [0.4, 0.5) is 11.4 Å². The molecule has 1 saturated heterocycles. The molecule has 0 spiro atoms. The first-order valence-electron chi connectivity index (χ1n) is 13.1. The number of likely N-dealkylation sites (tertiary alicyclic amines) is 1. The number of thiazole rings is 1. The Balaban J connectivity index is 1.21. The highest BCUT2D eigenvalue weighted by Gasteiger charge is 2.26. The van der Waals surface area contributed by atoms with E-state index in [4.69, 9.17) is 21.3 Å². The highest BCUT2D eigenvalue weighted by Crippen LogP contribution is 2.33. The molecule has 2 amide bonds. The fraction of sp³-hybridized carbons (Fsp3) is 0.414. The third-order valence-electron chi connectivity index (χ3n) is 6.93. The summed E-state index contributed by atoms with van der Waals surface area (Å²) in [4.78, 5) is 33.9. The van der Waals surface area contributed by atoms with Crippen LogP contribution in [0.15, 0.2) is 47.8 Å². The Labute approximate surface area is 233 Å². The Morgan fingerprint density at radius 3 is 2.47 bits per heavy atom. The van der Waals surface area contributed by atoms with E-state index < -0.39 is 0 Å². The van der Waals surface area contributed by atoms with Gasteiger partial charge in [-0.05, 0) is 69.5 Å². The van der Waals surface area contributed by atoms with Crippen LogP contribution in [0.1, 0.15) is 43.2 Å². The van der Waals surface area contributed by atoms with Crippen LogP contribution in [0, 0.1) is 6.92 Å². The van der Waals surface area contributed by atoms with Crippen LogP contribution in [-0.4, -0.2) is 61.1 Å². The van der Waals surface area contributed by atoms with Crippen molar-refractivity contribution in [2.45, 2.75) is 39.5 Å². The van der Waals surface area contributed by atoms with Gasteiger partial charge in [-0.3, -0.25) is 9.59 Å². The van der Waals surface area contributed by atoms with E-state index in [0.29, 0.717) is 29.7 Å². The Morgan fingerprint density at radius 2 is 1.82 bits per heavy atom. The molecule has 2 aromatic carbocycles. The number of carbonyl (C=O) groups excluding carboxylic acids is 2. The molecule has 1 N–H and O–H groups in total. The van der Waals surface area contributed by atoms with Crippen LogP contribution in [0.5, 0.6) is 0 Å². The van der Waals surface area contributed by atoms with Crippen molar-refractivity contribution in [1.29, 1.82) is 0 Å². The molecule has 7 nitrogen and oxygen atoms in total. The number of rotatable bonds is 10. The number of hydrogen-bond donors (Lipinski definition) is 1. The lowest BCUT2D eigenvalue weighted by atomic mass is 9.97. The first-order chi connectivity index (χ1) is 18.4. The van der Waals surface area contributed by atoms with Gasteiger partial charge in [0.1, 0.15) is 13.2 Å². The molecule has 0 atom stereocenters. The van der Waals surface area contributed by atoms with Crippen LogP contribution in [0.25, 0.3) is 11.3 Å². The number of anilines is 2. The SMILES string of the molecule is CCN(CC)c1ccc(-c2csc(C3CCN(C(=O)COCC(=O)Nc4ccc(Cl)cc4C)CC3)n2)cc1. The molecule has 0 saturated carbocycles. The molecule has 1 aliphatic rings. The normalized spacial score (nSPS) is 13.9. The molecule has 0 radical (unpaired) electrons. The smallest absolute Gasteiger partial charge is 0.250 e. The minimum Gasteiger partial charge on any atom is -0.372 e. The van der Waals surface area contributed by atoms with E-state index in [1.807, 2.05) is 11.8 Å². The van der Waals surface area contributed by atoms with Crippen molar-refractivity contribution < 1.29 is 14.3 Å². The van der Waals surface area contributed by atoms with Gasteiger partial charge in [-0.15, -0.1) is 11.3 Å². The number of aryl methyl sites for hydroxylation is 1. The standard InChI is InChI=1S/C29H35ClN4O3S/c1-4-33(5-2)24-9-6-21(7-10-24)26-19-38-29(32-26)22-12-14-34(15-13-22)28(36)18-37-17-27(35)31-25-11-8-23(30)16-20(25)3/h6-11,16,19,22H,4-5,12-15,17-18H2,1-3H3,(H,31,35). The van der Waals surface area contributed by atoms with Crippen molar-refractivity contribution in [3.05, 3.63) is 63.4 Å².